The van der Waals surface area contributed by atoms with Crippen LogP contribution in [0.25, 0.3) is 16.7 Å². The molecule has 3 aromatic rings. The molecule has 1 heterocycles. The maximum Gasteiger partial charge on any atom is 0.205 e. The number of hydrogen-bond acceptors (Lipinski definition) is 2. The molecule has 0 saturated heterocycles. The number of nitrogen functional groups attached to an aromatic ring is 1. The molecule has 0 unspecified atom stereocenters. The van der Waals surface area contributed by atoms with Gasteiger partial charge in [-0.2, -0.15) is 0 Å². The van der Waals surface area contributed by atoms with Crippen molar-refractivity contribution in [2.24, 2.45) is 0 Å². The first-order valence-electron chi connectivity index (χ1n) is 5.45. The quantitative estimate of drug-likeness (QED) is 0.742. The van der Waals surface area contributed by atoms with Gasteiger partial charge in [-0.25, -0.2) is 13.8 Å². The zero-order valence-corrected chi connectivity index (χ0v) is 11.2. The number of imidazole rings is 1. The summed E-state index contributed by atoms with van der Waals surface area (Å²) in [4.78, 5) is 4.07. The van der Waals surface area contributed by atoms with E-state index in [-0.39, 0.29) is 11.8 Å². The van der Waals surface area contributed by atoms with Crippen LogP contribution >= 0.6 is 15.9 Å². The van der Waals surface area contributed by atoms with Crippen molar-refractivity contribution in [3.05, 3.63) is 52.5 Å². The molecule has 0 amide bonds. The summed E-state index contributed by atoms with van der Waals surface area (Å²) in [6.45, 7) is 0. The maximum absolute atomic E-state index is 13.6. The number of fused-ring (bicyclic) bond motifs is 1. The minimum absolute atomic E-state index is 0.183. The highest BCUT2D eigenvalue weighted by atomic mass is 79.9. The van der Waals surface area contributed by atoms with Gasteiger partial charge in [-0.3, -0.25) is 4.57 Å². The summed E-state index contributed by atoms with van der Waals surface area (Å²) in [5, 5.41) is 0. The summed E-state index contributed by atoms with van der Waals surface area (Å²) >= 11 is 3.09. The number of benzene rings is 2. The number of nitrogens with two attached hydrogens (primary N) is 1. The molecule has 96 valence electrons. The Hall–Kier alpha value is -1.95. The van der Waals surface area contributed by atoms with Crippen LogP contribution in [0.4, 0.5) is 14.7 Å². The smallest absolute Gasteiger partial charge is 0.205 e. The zero-order chi connectivity index (χ0) is 13.6. The number of halogens is 3. The summed E-state index contributed by atoms with van der Waals surface area (Å²) in [5.41, 5.74) is 7.41. The van der Waals surface area contributed by atoms with E-state index in [1.165, 1.54) is 18.2 Å². The molecule has 0 fully saturated rings. The highest BCUT2D eigenvalue weighted by molar-refractivity contribution is 9.10. The second-order valence-corrected chi connectivity index (χ2v) is 4.89. The van der Waals surface area contributed by atoms with Crippen LogP contribution in [0.15, 0.2) is 40.9 Å². The van der Waals surface area contributed by atoms with E-state index < -0.39 is 5.82 Å². The Morgan fingerprint density at radius 1 is 1.11 bits per heavy atom. The minimum Gasteiger partial charge on any atom is -0.369 e. The lowest BCUT2D eigenvalue weighted by atomic mass is 10.2. The van der Waals surface area contributed by atoms with Crippen LogP contribution in [-0.2, 0) is 0 Å². The van der Waals surface area contributed by atoms with Gasteiger partial charge in [0.2, 0.25) is 5.95 Å². The van der Waals surface area contributed by atoms with Gasteiger partial charge in [-0.1, -0.05) is 0 Å². The molecule has 0 bridgehead atoms. The van der Waals surface area contributed by atoms with Gasteiger partial charge >= 0.3 is 0 Å². The lowest BCUT2D eigenvalue weighted by Crippen LogP contribution is -2.01. The van der Waals surface area contributed by atoms with Gasteiger partial charge in [0, 0.05) is 6.07 Å². The van der Waals surface area contributed by atoms with E-state index in [0.717, 1.165) is 0 Å². The number of hydrogen-bond donors (Lipinski definition) is 1. The molecule has 19 heavy (non-hydrogen) atoms. The third kappa shape index (κ3) is 1.98. The molecular weight excluding hydrogens is 316 g/mol. The van der Waals surface area contributed by atoms with Crippen LogP contribution in [0, 0.1) is 11.6 Å². The van der Waals surface area contributed by atoms with E-state index >= 15 is 0 Å². The van der Waals surface area contributed by atoms with Crippen LogP contribution in [-0.4, -0.2) is 9.55 Å². The van der Waals surface area contributed by atoms with Crippen LogP contribution in [0.5, 0.6) is 0 Å². The molecule has 0 aliphatic rings. The largest absolute Gasteiger partial charge is 0.369 e. The third-order valence-corrected chi connectivity index (χ3v) is 3.45. The predicted octanol–water partition coefficient (Wildman–Crippen LogP) is 3.65. The number of aromatic nitrogens is 2. The molecule has 2 aromatic carbocycles. The average molecular weight is 324 g/mol. The first-order valence-corrected chi connectivity index (χ1v) is 6.24. The zero-order valence-electron chi connectivity index (χ0n) is 9.57. The van der Waals surface area contributed by atoms with E-state index in [2.05, 4.69) is 20.9 Å². The van der Waals surface area contributed by atoms with Crippen molar-refractivity contribution < 1.29 is 8.78 Å². The van der Waals surface area contributed by atoms with Crippen molar-refractivity contribution in [2.45, 2.75) is 0 Å². The Morgan fingerprint density at radius 3 is 2.63 bits per heavy atom. The van der Waals surface area contributed by atoms with Crippen molar-refractivity contribution in [1.82, 2.24) is 9.55 Å². The molecule has 3 nitrogen and oxygen atoms in total. The summed E-state index contributed by atoms with van der Waals surface area (Å²) in [6.07, 6.45) is 0. The molecule has 2 N–H and O–H groups in total. The molecule has 1 aromatic heterocycles. The van der Waals surface area contributed by atoms with Gasteiger partial charge in [0.15, 0.2) is 0 Å². The normalized spacial score (nSPS) is 11.1. The van der Waals surface area contributed by atoms with Crippen LogP contribution in [0.1, 0.15) is 0 Å². The summed E-state index contributed by atoms with van der Waals surface area (Å²) in [6, 6.07) is 8.79. The first-order chi connectivity index (χ1) is 9.06. The number of rotatable bonds is 1. The topological polar surface area (TPSA) is 43.8 Å². The van der Waals surface area contributed by atoms with E-state index in [0.29, 0.717) is 21.2 Å². The van der Waals surface area contributed by atoms with Gasteiger partial charge in [0.25, 0.3) is 0 Å². The van der Waals surface area contributed by atoms with Crippen LogP contribution in [0.2, 0.25) is 0 Å². The average Bonchev–Trinajstić information content (AvgIpc) is 2.68. The molecular formula is C13H8BrF2N3. The van der Waals surface area contributed by atoms with Gasteiger partial charge in [0.05, 0.1) is 21.2 Å². The fourth-order valence-corrected chi connectivity index (χ4v) is 2.21. The van der Waals surface area contributed by atoms with Crippen molar-refractivity contribution in [2.75, 3.05) is 5.73 Å². The highest BCUT2D eigenvalue weighted by Crippen LogP contribution is 2.26. The predicted molar refractivity (Wildman–Crippen MR) is 73.1 cm³/mol. The van der Waals surface area contributed by atoms with Gasteiger partial charge in [-0.15, -0.1) is 0 Å². The Kier molecular flexibility index (Phi) is 2.74. The lowest BCUT2D eigenvalue weighted by molar-refractivity contribution is 0.620. The van der Waals surface area contributed by atoms with E-state index in [1.54, 1.807) is 22.8 Å². The maximum atomic E-state index is 13.6. The third-order valence-electron chi connectivity index (χ3n) is 2.80. The van der Waals surface area contributed by atoms with Gasteiger partial charge in [-0.05, 0) is 46.3 Å². The minimum atomic E-state index is -0.402. The lowest BCUT2D eigenvalue weighted by Gasteiger charge is -2.07. The van der Waals surface area contributed by atoms with E-state index in [4.69, 9.17) is 5.73 Å². The Balaban J connectivity index is 2.29. The molecule has 0 aliphatic carbocycles. The molecule has 0 aliphatic heterocycles. The summed E-state index contributed by atoms with van der Waals surface area (Å²) in [7, 11) is 0. The molecule has 0 radical (unpaired) electrons. The summed E-state index contributed by atoms with van der Waals surface area (Å²) in [5.74, 6) is -0.609. The standard InChI is InChI=1S/C13H8BrF2N3/c14-9-3-2-8(6-10(9)16)19-12-4-1-7(15)5-11(12)18-13(19)17/h1-6H,(H2,17,18). The monoisotopic (exact) mass is 323 g/mol. The van der Waals surface area contributed by atoms with Crippen molar-refractivity contribution in [3.63, 3.8) is 0 Å². The second-order valence-electron chi connectivity index (χ2n) is 4.04. The Labute approximate surface area is 115 Å². The number of nitrogens with zero attached hydrogens (tertiary/aromatic N) is 2. The van der Waals surface area contributed by atoms with Crippen LogP contribution in [0.3, 0.4) is 0 Å². The molecule has 0 atom stereocenters. The highest BCUT2D eigenvalue weighted by Gasteiger charge is 2.12. The fraction of sp³-hybridized carbons (Fsp3) is 0. The molecule has 3 rings (SSSR count). The van der Waals surface area contributed by atoms with Gasteiger partial charge < -0.3 is 5.73 Å². The molecule has 6 heteroatoms. The van der Waals surface area contributed by atoms with Crippen LogP contribution < -0.4 is 5.73 Å². The second kappa shape index (κ2) is 4.31. The Morgan fingerprint density at radius 2 is 1.89 bits per heavy atom. The first kappa shape index (κ1) is 12.1. The van der Waals surface area contributed by atoms with E-state index in [1.807, 2.05) is 0 Å². The molecule has 0 spiro atoms. The van der Waals surface area contributed by atoms with Crippen molar-refractivity contribution in [3.8, 4) is 5.69 Å². The van der Waals surface area contributed by atoms with E-state index in [9.17, 15) is 8.78 Å². The number of anilines is 1. The molecule has 0 saturated carbocycles. The SMILES string of the molecule is Nc1nc2cc(F)ccc2n1-c1ccc(Br)c(F)c1. The fourth-order valence-electron chi connectivity index (χ4n) is 1.97. The van der Waals surface area contributed by atoms with Gasteiger partial charge in [0.1, 0.15) is 11.6 Å². The van der Waals surface area contributed by atoms with Crippen molar-refractivity contribution >= 4 is 32.9 Å². The summed E-state index contributed by atoms with van der Waals surface area (Å²) < 4.78 is 28.7. The Bertz CT molecular complexity index is 783. The van der Waals surface area contributed by atoms with Crippen molar-refractivity contribution in [1.29, 1.82) is 0 Å².